The van der Waals surface area contributed by atoms with E-state index in [1.54, 1.807) is 6.20 Å². The Labute approximate surface area is 100 Å². The van der Waals surface area contributed by atoms with Crippen LogP contribution in [-0.2, 0) is 6.61 Å². The first kappa shape index (κ1) is 11.4. The van der Waals surface area contributed by atoms with Crippen LogP contribution in [0.3, 0.4) is 0 Å². The van der Waals surface area contributed by atoms with Crippen LogP contribution < -0.4 is 4.90 Å². The van der Waals surface area contributed by atoms with E-state index in [2.05, 4.69) is 22.9 Å². The molecule has 0 saturated heterocycles. The average Bonchev–Trinajstić information content (AvgIpc) is 2.29. The molecule has 1 N–H and O–H groups in total. The molecule has 0 atom stereocenters. The Morgan fingerprint density at radius 1 is 1.56 bits per heavy atom. The summed E-state index contributed by atoms with van der Waals surface area (Å²) < 4.78 is 0. The second-order valence-electron chi connectivity index (χ2n) is 4.05. The van der Waals surface area contributed by atoms with E-state index in [4.69, 9.17) is 16.7 Å². The summed E-state index contributed by atoms with van der Waals surface area (Å²) in [5.74, 6) is 0.890. The number of halogens is 1. The molecule has 86 valence electrons. The fraction of sp³-hybridized carbons (Fsp3) is 0.417. The Kier molecular flexibility index (Phi) is 3.46. The minimum Gasteiger partial charge on any atom is -0.392 e. The summed E-state index contributed by atoms with van der Waals surface area (Å²) >= 11 is 5.91. The first-order chi connectivity index (χ1) is 7.70. The molecule has 0 spiro atoms. The Balaban J connectivity index is 2.24. The quantitative estimate of drug-likeness (QED) is 0.804. The number of pyridine rings is 1. The average molecular weight is 239 g/mol. The molecule has 2 rings (SSSR count). The molecule has 1 aliphatic heterocycles. The summed E-state index contributed by atoms with van der Waals surface area (Å²) in [4.78, 5) is 6.50. The number of aliphatic hydroxyl groups excluding tert-OH is 1. The molecule has 1 aromatic rings. The molecule has 0 saturated carbocycles. The van der Waals surface area contributed by atoms with Gasteiger partial charge in [-0.15, -0.1) is 0 Å². The van der Waals surface area contributed by atoms with Gasteiger partial charge in [0.05, 0.1) is 11.6 Å². The van der Waals surface area contributed by atoms with E-state index in [0.29, 0.717) is 5.02 Å². The zero-order valence-corrected chi connectivity index (χ0v) is 10.0. The molecule has 16 heavy (non-hydrogen) atoms. The molecule has 0 fully saturated rings. The molecule has 1 aliphatic rings. The Morgan fingerprint density at radius 3 is 3.06 bits per heavy atom. The lowest BCUT2D eigenvalue weighted by Crippen LogP contribution is -2.29. The van der Waals surface area contributed by atoms with Gasteiger partial charge in [-0.05, 0) is 19.4 Å². The highest BCUT2D eigenvalue weighted by atomic mass is 35.5. The lowest BCUT2D eigenvalue weighted by molar-refractivity contribution is 0.282. The molecule has 2 heterocycles. The molecular weight excluding hydrogens is 224 g/mol. The maximum Gasteiger partial charge on any atom is 0.129 e. The van der Waals surface area contributed by atoms with Gasteiger partial charge >= 0.3 is 0 Å². The van der Waals surface area contributed by atoms with Crippen molar-refractivity contribution in [2.24, 2.45) is 0 Å². The third-order valence-corrected chi connectivity index (χ3v) is 3.09. The molecule has 0 aromatic carbocycles. The Hall–Kier alpha value is -1.06. The first-order valence-corrected chi connectivity index (χ1v) is 5.74. The van der Waals surface area contributed by atoms with Crippen molar-refractivity contribution in [3.63, 3.8) is 0 Å². The smallest absolute Gasteiger partial charge is 0.129 e. The van der Waals surface area contributed by atoms with Gasteiger partial charge in [0.2, 0.25) is 0 Å². The van der Waals surface area contributed by atoms with E-state index in [-0.39, 0.29) is 6.61 Å². The summed E-state index contributed by atoms with van der Waals surface area (Å²) in [6, 6.07) is 1.86. The number of rotatable bonds is 2. The summed E-state index contributed by atoms with van der Waals surface area (Å²) in [7, 11) is 0. The maximum atomic E-state index is 9.15. The van der Waals surface area contributed by atoms with Gasteiger partial charge in [0.25, 0.3) is 0 Å². The molecular formula is C12H15ClN2O. The highest BCUT2D eigenvalue weighted by molar-refractivity contribution is 6.31. The van der Waals surface area contributed by atoms with E-state index >= 15 is 0 Å². The van der Waals surface area contributed by atoms with Crippen LogP contribution in [0.5, 0.6) is 0 Å². The van der Waals surface area contributed by atoms with Crippen molar-refractivity contribution < 1.29 is 5.11 Å². The molecule has 0 unspecified atom stereocenters. The van der Waals surface area contributed by atoms with Crippen LogP contribution in [0.4, 0.5) is 5.82 Å². The van der Waals surface area contributed by atoms with E-state index < -0.39 is 0 Å². The predicted octanol–water partition coefficient (Wildman–Crippen LogP) is 2.38. The van der Waals surface area contributed by atoms with Crippen molar-refractivity contribution in [2.45, 2.75) is 20.0 Å². The molecule has 0 bridgehead atoms. The van der Waals surface area contributed by atoms with Crippen molar-refractivity contribution in [1.82, 2.24) is 4.98 Å². The summed E-state index contributed by atoms with van der Waals surface area (Å²) in [6.07, 6.45) is 4.90. The zero-order chi connectivity index (χ0) is 11.5. The highest BCUT2D eigenvalue weighted by Gasteiger charge is 2.13. The minimum absolute atomic E-state index is 0.0446. The highest BCUT2D eigenvalue weighted by Crippen LogP contribution is 2.22. The van der Waals surface area contributed by atoms with Crippen LogP contribution in [0.15, 0.2) is 23.9 Å². The molecule has 4 heteroatoms. The summed E-state index contributed by atoms with van der Waals surface area (Å²) in [6.45, 7) is 3.95. The van der Waals surface area contributed by atoms with Gasteiger partial charge < -0.3 is 10.0 Å². The van der Waals surface area contributed by atoms with Gasteiger partial charge in [0.15, 0.2) is 0 Å². The van der Waals surface area contributed by atoms with Crippen LogP contribution in [0.2, 0.25) is 5.02 Å². The maximum absolute atomic E-state index is 9.15. The monoisotopic (exact) mass is 238 g/mol. The SMILES string of the molecule is CC1=CCCN(c2cc(CO)c(Cl)cn2)C1. The van der Waals surface area contributed by atoms with Crippen molar-refractivity contribution >= 4 is 17.4 Å². The van der Waals surface area contributed by atoms with Gasteiger partial charge in [-0.3, -0.25) is 0 Å². The minimum atomic E-state index is -0.0446. The summed E-state index contributed by atoms with van der Waals surface area (Å²) in [5.41, 5.74) is 2.09. The third-order valence-electron chi connectivity index (χ3n) is 2.75. The van der Waals surface area contributed by atoms with Crippen LogP contribution in [0.25, 0.3) is 0 Å². The molecule has 0 radical (unpaired) electrons. The van der Waals surface area contributed by atoms with Gasteiger partial charge in [0, 0.05) is 24.8 Å². The first-order valence-electron chi connectivity index (χ1n) is 5.36. The second-order valence-corrected chi connectivity index (χ2v) is 4.46. The number of aromatic nitrogens is 1. The van der Waals surface area contributed by atoms with E-state index in [1.165, 1.54) is 5.57 Å². The van der Waals surface area contributed by atoms with Gasteiger partial charge in [-0.2, -0.15) is 0 Å². The van der Waals surface area contributed by atoms with Crippen molar-refractivity contribution in [1.29, 1.82) is 0 Å². The van der Waals surface area contributed by atoms with E-state index in [0.717, 1.165) is 30.9 Å². The lowest BCUT2D eigenvalue weighted by Gasteiger charge is -2.27. The van der Waals surface area contributed by atoms with E-state index in [1.807, 2.05) is 6.07 Å². The third kappa shape index (κ3) is 2.36. The molecule has 0 aliphatic carbocycles. The number of hydrogen-bond acceptors (Lipinski definition) is 3. The lowest BCUT2D eigenvalue weighted by atomic mass is 10.1. The normalized spacial score (nSPS) is 16.2. The van der Waals surface area contributed by atoms with Crippen molar-refractivity contribution in [3.8, 4) is 0 Å². The van der Waals surface area contributed by atoms with Crippen LogP contribution in [0.1, 0.15) is 18.9 Å². The Bertz CT molecular complexity index is 417. The van der Waals surface area contributed by atoms with Crippen LogP contribution >= 0.6 is 11.6 Å². The largest absolute Gasteiger partial charge is 0.392 e. The molecule has 3 nitrogen and oxygen atoms in total. The van der Waals surface area contributed by atoms with Crippen LogP contribution in [0, 0.1) is 0 Å². The van der Waals surface area contributed by atoms with Gasteiger partial charge in [0.1, 0.15) is 5.82 Å². The predicted molar refractivity (Wildman–Crippen MR) is 65.8 cm³/mol. The van der Waals surface area contributed by atoms with Crippen molar-refractivity contribution in [2.75, 3.05) is 18.0 Å². The van der Waals surface area contributed by atoms with Crippen LogP contribution in [-0.4, -0.2) is 23.2 Å². The summed E-state index contributed by atoms with van der Waals surface area (Å²) in [5, 5.41) is 9.67. The second kappa shape index (κ2) is 4.85. The molecule has 1 aromatic heterocycles. The van der Waals surface area contributed by atoms with Gasteiger partial charge in [-0.1, -0.05) is 23.3 Å². The number of nitrogens with zero attached hydrogens (tertiary/aromatic N) is 2. The number of aliphatic hydroxyl groups is 1. The zero-order valence-electron chi connectivity index (χ0n) is 9.28. The number of hydrogen-bond donors (Lipinski definition) is 1. The van der Waals surface area contributed by atoms with E-state index in [9.17, 15) is 0 Å². The van der Waals surface area contributed by atoms with Crippen molar-refractivity contribution in [3.05, 3.63) is 34.5 Å². The fourth-order valence-electron chi connectivity index (χ4n) is 1.87. The topological polar surface area (TPSA) is 36.4 Å². The Morgan fingerprint density at radius 2 is 2.38 bits per heavy atom. The molecule has 0 amide bonds. The number of anilines is 1. The van der Waals surface area contributed by atoms with Gasteiger partial charge in [-0.25, -0.2) is 4.98 Å². The fourth-order valence-corrected chi connectivity index (χ4v) is 2.03. The standard InChI is InChI=1S/C12H15ClN2O/c1-9-3-2-4-15(7-9)12-5-10(8-16)11(13)6-14-12/h3,5-6,16H,2,4,7-8H2,1H3.